The second kappa shape index (κ2) is 5.62. The molecule has 0 aromatic heterocycles. The predicted molar refractivity (Wildman–Crippen MR) is 58.6 cm³/mol. The van der Waals surface area contributed by atoms with Crippen molar-refractivity contribution in [2.75, 3.05) is 14.2 Å². The molecule has 19 heavy (non-hydrogen) atoms. The van der Waals surface area contributed by atoms with E-state index in [9.17, 15) is 25.3 Å². The highest BCUT2D eigenvalue weighted by molar-refractivity contribution is 6.13. The Kier molecular flexibility index (Phi) is 4.19. The van der Waals surface area contributed by atoms with E-state index in [0.29, 0.717) is 6.08 Å². The first-order chi connectivity index (χ1) is 8.92. The molecule has 0 unspecified atom stereocenters. The molecule has 1 rings (SSSR count). The van der Waals surface area contributed by atoms with Crippen molar-refractivity contribution in [3.8, 4) is 0 Å². The zero-order chi connectivity index (χ0) is 14.6. The molecule has 0 aliphatic heterocycles. The number of allylic oxidation sites excluding steroid dienone is 3. The van der Waals surface area contributed by atoms with E-state index in [0.717, 1.165) is 20.3 Å². The Balaban J connectivity index is 3.54. The van der Waals surface area contributed by atoms with Crippen LogP contribution in [0.5, 0.6) is 0 Å². The topological polar surface area (TPSA) is 140 Å². The zero-order valence-electron chi connectivity index (χ0n) is 9.85. The van der Waals surface area contributed by atoms with Crippen LogP contribution in [0.15, 0.2) is 40.2 Å². The number of nitrogens with zero attached hydrogens (tertiary/aromatic N) is 3. The Morgan fingerprint density at radius 1 is 1.21 bits per heavy atom. The molecule has 10 heteroatoms. The van der Waals surface area contributed by atoms with Crippen LogP contribution in [0.3, 0.4) is 0 Å². The first-order valence-electron chi connectivity index (χ1n) is 4.71. The van der Waals surface area contributed by atoms with Gasteiger partial charge in [0.15, 0.2) is 5.71 Å². The molecule has 0 N–H and O–H groups in total. The summed E-state index contributed by atoms with van der Waals surface area (Å²) >= 11 is 0. The van der Waals surface area contributed by atoms with Crippen molar-refractivity contribution in [1.82, 2.24) is 0 Å². The molecule has 0 fully saturated rings. The third kappa shape index (κ3) is 2.86. The SMILES string of the molecule is CO/N=C1/C([N+](=O)[O-])=CC([N+](=O)[O-])=C/C1=C(/[O-])OC. The van der Waals surface area contributed by atoms with E-state index in [1.807, 2.05) is 0 Å². The predicted octanol–water partition coefficient (Wildman–Crippen LogP) is -0.458. The molecule has 1 aliphatic carbocycles. The molecule has 0 heterocycles. The molecule has 0 radical (unpaired) electrons. The average Bonchev–Trinajstić information content (AvgIpc) is 2.37. The summed E-state index contributed by atoms with van der Waals surface area (Å²) in [6.45, 7) is 0. The summed E-state index contributed by atoms with van der Waals surface area (Å²) in [6, 6.07) is 0. The average molecular weight is 270 g/mol. The minimum Gasteiger partial charge on any atom is -0.616 e. The molecule has 102 valence electrons. The Bertz CT molecular complexity index is 544. The van der Waals surface area contributed by atoms with Crippen LogP contribution in [0.1, 0.15) is 0 Å². The molecular formula is C9H8N3O7-. The van der Waals surface area contributed by atoms with Crippen LogP contribution >= 0.6 is 0 Å². The van der Waals surface area contributed by atoms with E-state index in [1.54, 1.807) is 0 Å². The molecule has 0 spiro atoms. The van der Waals surface area contributed by atoms with E-state index in [2.05, 4.69) is 14.7 Å². The first kappa shape index (κ1) is 14.2. The van der Waals surface area contributed by atoms with Crippen molar-refractivity contribution in [3.05, 3.63) is 55.3 Å². The van der Waals surface area contributed by atoms with E-state index >= 15 is 0 Å². The van der Waals surface area contributed by atoms with Crippen LogP contribution in [0.2, 0.25) is 0 Å². The molecule has 0 saturated carbocycles. The van der Waals surface area contributed by atoms with Crippen LogP contribution < -0.4 is 5.11 Å². The van der Waals surface area contributed by atoms with Crippen molar-refractivity contribution in [1.29, 1.82) is 0 Å². The van der Waals surface area contributed by atoms with Crippen LogP contribution in [0.25, 0.3) is 0 Å². The number of rotatable bonds is 4. The van der Waals surface area contributed by atoms with E-state index < -0.39 is 38.5 Å². The van der Waals surface area contributed by atoms with Gasteiger partial charge in [-0.1, -0.05) is 5.16 Å². The molecule has 0 atom stereocenters. The maximum Gasteiger partial charge on any atom is 0.305 e. The second-order valence-electron chi connectivity index (χ2n) is 3.14. The standard InChI is InChI=1S/C9H9N3O7/c1-18-9(13)6-3-5(11(14)15)4-7(12(16)17)8(6)10-19-2/h3-4,13H,1-2H3/p-1/b9-6+,10-8+. The van der Waals surface area contributed by atoms with Gasteiger partial charge in [0.1, 0.15) is 7.11 Å². The second-order valence-corrected chi connectivity index (χ2v) is 3.14. The van der Waals surface area contributed by atoms with Crippen LogP contribution in [-0.4, -0.2) is 29.8 Å². The largest absolute Gasteiger partial charge is 0.616 e. The Labute approximate surface area is 106 Å². The van der Waals surface area contributed by atoms with E-state index in [1.165, 1.54) is 0 Å². The number of ether oxygens (including phenoxy) is 1. The number of hydrogen-bond acceptors (Lipinski definition) is 8. The Morgan fingerprint density at radius 2 is 1.84 bits per heavy atom. The summed E-state index contributed by atoms with van der Waals surface area (Å²) < 4.78 is 4.39. The smallest absolute Gasteiger partial charge is 0.305 e. The van der Waals surface area contributed by atoms with Gasteiger partial charge in [-0.2, -0.15) is 0 Å². The van der Waals surface area contributed by atoms with Gasteiger partial charge in [-0.25, -0.2) is 0 Å². The summed E-state index contributed by atoms with van der Waals surface area (Å²) in [5.41, 5.74) is -2.21. The first-order valence-corrected chi connectivity index (χ1v) is 4.71. The number of methoxy groups -OCH3 is 1. The minimum absolute atomic E-state index is 0.426. The maximum atomic E-state index is 11.5. The van der Waals surface area contributed by atoms with Crippen molar-refractivity contribution < 1.29 is 24.5 Å². The molecule has 1 aliphatic rings. The molecule has 0 aromatic rings. The van der Waals surface area contributed by atoms with Gasteiger partial charge in [-0.15, -0.1) is 0 Å². The Morgan fingerprint density at radius 3 is 2.26 bits per heavy atom. The van der Waals surface area contributed by atoms with Crippen molar-refractivity contribution >= 4 is 5.71 Å². The van der Waals surface area contributed by atoms with Gasteiger partial charge in [0, 0.05) is 11.6 Å². The lowest BCUT2D eigenvalue weighted by atomic mass is 10.0. The normalized spacial score (nSPS) is 19.4. The fourth-order valence-corrected chi connectivity index (χ4v) is 1.30. The van der Waals surface area contributed by atoms with Gasteiger partial charge < -0.3 is 14.7 Å². The number of nitro groups is 2. The highest BCUT2D eigenvalue weighted by Gasteiger charge is 2.32. The van der Waals surface area contributed by atoms with E-state index in [-0.39, 0.29) is 0 Å². The summed E-state index contributed by atoms with van der Waals surface area (Å²) in [5.74, 6) is -0.998. The van der Waals surface area contributed by atoms with Gasteiger partial charge >= 0.3 is 5.70 Å². The quantitative estimate of drug-likeness (QED) is 0.382. The maximum absolute atomic E-state index is 11.5. The summed E-state index contributed by atoms with van der Waals surface area (Å²) in [7, 11) is 2.15. The fraction of sp³-hybridized carbons (Fsp3) is 0.222. The van der Waals surface area contributed by atoms with Gasteiger partial charge in [0.25, 0.3) is 5.70 Å². The highest BCUT2D eigenvalue weighted by Crippen LogP contribution is 2.22. The lowest BCUT2D eigenvalue weighted by Gasteiger charge is -2.16. The summed E-state index contributed by atoms with van der Waals surface area (Å²) in [6.07, 6.45) is 1.51. The van der Waals surface area contributed by atoms with Gasteiger partial charge in [-0.3, -0.25) is 20.2 Å². The van der Waals surface area contributed by atoms with Crippen LogP contribution in [-0.2, 0) is 9.57 Å². The fourth-order valence-electron chi connectivity index (χ4n) is 1.30. The number of hydrogen-bond donors (Lipinski definition) is 0. The molecular weight excluding hydrogens is 262 g/mol. The summed E-state index contributed by atoms with van der Waals surface area (Å²) in [5, 5.41) is 36.3. The third-order valence-corrected chi connectivity index (χ3v) is 2.07. The molecule has 0 amide bonds. The van der Waals surface area contributed by atoms with Gasteiger partial charge in [0.05, 0.1) is 21.9 Å². The zero-order valence-corrected chi connectivity index (χ0v) is 9.85. The van der Waals surface area contributed by atoms with Crippen molar-refractivity contribution in [2.24, 2.45) is 5.16 Å². The van der Waals surface area contributed by atoms with Crippen molar-refractivity contribution in [3.63, 3.8) is 0 Å². The van der Waals surface area contributed by atoms with Gasteiger partial charge in [-0.05, 0) is 7.11 Å². The minimum atomic E-state index is -0.998. The monoisotopic (exact) mass is 270 g/mol. The van der Waals surface area contributed by atoms with Crippen molar-refractivity contribution in [2.45, 2.75) is 0 Å². The number of oxime groups is 1. The van der Waals surface area contributed by atoms with Crippen LogP contribution in [0, 0.1) is 20.2 Å². The molecule has 10 nitrogen and oxygen atoms in total. The van der Waals surface area contributed by atoms with Gasteiger partial charge in [0.2, 0.25) is 0 Å². The molecule has 0 saturated heterocycles. The third-order valence-electron chi connectivity index (χ3n) is 2.07. The van der Waals surface area contributed by atoms with E-state index in [4.69, 9.17) is 0 Å². The Hall–Kier alpha value is -2.91. The lowest BCUT2D eigenvalue weighted by molar-refractivity contribution is -0.429. The molecule has 0 bridgehead atoms. The molecule has 0 aromatic carbocycles. The lowest BCUT2D eigenvalue weighted by Crippen LogP contribution is -2.23. The summed E-state index contributed by atoms with van der Waals surface area (Å²) in [4.78, 5) is 24.2. The van der Waals surface area contributed by atoms with Crippen LogP contribution in [0.4, 0.5) is 0 Å². The highest BCUT2D eigenvalue weighted by atomic mass is 16.6.